The minimum atomic E-state index is -0.716. The number of fused-ring (bicyclic) bond motifs is 3. The van der Waals surface area contributed by atoms with Crippen molar-refractivity contribution in [3.05, 3.63) is 0 Å². The average Bonchev–Trinajstić information content (AvgIpc) is 2.89. The molecule has 0 radical (unpaired) electrons. The molecule has 3 saturated heterocycles. The molecule has 7 nitrogen and oxygen atoms in total. The molecule has 5 atom stereocenters. The molecule has 3 rings (SSSR count). The molecule has 0 saturated carbocycles. The van der Waals surface area contributed by atoms with Crippen molar-refractivity contribution in [1.82, 2.24) is 5.32 Å². The highest BCUT2D eigenvalue weighted by atomic mass is 32.1. The predicted molar refractivity (Wildman–Crippen MR) is 80.1 cm³/mol. The molecule has 8 heteroatoms. The maximum absolute atomic E-state index is 6.01. The van der Waals surface area contributed by atoms with Crippen LogP contribution < -0.4 is 5.32 Å². The molecule has 3 fully saturated rings. The second kappa shape index (κ2) is 5.54. The first-order valence-corrected chi connectivity index (χ1v) is 7.83. The number of ether oxygens (including phenoxy) is 6. The first-order chi connectivity index (χ1) is 10.2. The summed E-state index contributed by atoms with van der Waals surface area (Å²) in [5.74, 6) is -1.42. The summed E-state index contributed by atoms with van der Waals surface area (Å²) < 4.78 is 35.2. The van der Waals surface area contributed by atoms with E-state index in [1.165, 1.54) is 0 Å². The van der Waals surface area contributed by atoms with Gasteiger partial charge in [-0.2, -0.15) is 0 Å². The van der Waals surface area contributed by atoms with Crippen molar-refractivity contribution in [2.24, 2.45) is 0 Å². The molecule has 0 unspecified atom stereocenters. The summed E-state index contributed by atoms with van der Waals surface area (Å²) >= 11 is 5.00. The van der Waals surface area contributed by atoms with Gasteiger partial charge in [-0.25, -0.2) is 0 Å². The van der Waals surface area contributed by atoms with E-state index in [0.717, 1.165) is 0 Å². The molecule has 0 bridgehead atoms. The summed E-state index contributed by atoms with van der Waals surface area (Å²) in [6, 6.07) is 0. The highest BCUT2D eigenvalue weighted by molar-refractivity contribution is 7.80. The molecule has 22 heavy (non-hydrogen) atoms. The minimum Gasteiger partial charge on any atom is -0.468 e. The Morgan fingerprint density at radius 2 is 1.59 bits per heavy atom. The zero-order valence-corrected chi connectivity index (χ0v) is 14.3. The van der Waals surface area contributed by atoms with Crippen molar-refractivity contribution in [3.63, 3.8) is 0 Å². The van der Waals surface area contributed by atoms with Crippen LogP contribution in [0.15, 0.2) is 0 Å². The lowest BCUT2D eigenvalue weighted by molar-refractivity contribution is -0.239. The third-order valence-corrected chi connectivity index (χ3v) is 4.16. The van der Waals surface area contributed by atoms with Crippen molar-refractivity contribution >= 4 is 17.4 Å². The van der Waals surface area contributed by atoms with Gasteiger partial charge in [-0.1, -0.05) is 0 Å². The van der Waals surface area contributed by atoms with E-state index in [1.807, 2.05) is 27.7 Å². The number of hydrogen-bond donors (Lipinski definition) is 1. The van der Waals surface area contributed by atoms with Gasteiger partial charge in [-0.15, -0.1) is 0 Å². The largest absolute Gasteiger partial charge is 0.468 e. The van der Waals surface area contributed by atoms with Crippen LogP contribution in [-0.2, 0) is 28.4 Å². The molecule has 3 heterocycles. The zero-order chi connectivity index (χ0) is 16.1. The van der Waals surface area contributed by atoms with Crippen LogP contribution in [0.5, 0.6) is 0 Å². The molecule has 0 amide bonds. The Morgan fingerprint density at radius 3 is 2.27 bits per heavy atom. The Kier molecular flexibility index (Phi) is 4.12. The van der Waals surface area contributed by atoms with Crippen LogP contribution >= 0.6 is 12.2 Å². The summed E-state index contributed by atoms with van der Waals surface area (Å²) in [5.41, 5.74) is 0. The highest BCUT2D eigenvalue weighted by Crippen LogP contribution is 2.44. The van der Waals surface area contributed by atoms with Crippen LogP contribution in [0.2, 0.25) is 0 Å². The monoisotopic (exact) mass is 333 g/mol. The van der Waals surface area contributed by atoms with E-state index < -0.39 is 17.9 Å². The van der Waals surface area contributed by atoms with Crippen molar-refractivity contribution in [1.29, 1.82) is 0 Å². The molecule has 0 aromatic rings. The SMILES string of the molecule is CNC(=S)OC[C@H]1O[C@@H]2OC(C)(C)O[C@@H]2[C@H]2OC(C)(C)O[C@H]21. The number of thiocarbonyl (C=S) groups is 1. The Bertz CT molecular complexity index is 457. The van der Waals surface area contributed by atoms with Gasteiger partial charge in [0, 0.05) is 7.05 Å². The van der Waals surface area contributed by atoms with E-state index in [2.05, 4.69) is 5.32 Å². The molecule has 126 valence electrons. The molecular formula is C14H23NO6S. The quantitative estimate of drug-likeness (QED) is 0.748. The van der Waals surface area contributed by atoms with Crippen molar-refractivity contribution < 1.29 is 28.4 Å². The molecule has 0 aromatic heterocycles. The number of hydrogen-bond acceptors (Lipinski definition) is 7. The van der Waals surface area contributed by atoms with E-state index in [0.29, 0.717) is 5.17 Å². The maximum atomic E-state index is 6.01. The van der Waals surface area contributed by atoms with E-state index in [9.17, 15) is 0 Å². The lowest BCUT2D eigenvalue weighted by Gasteiger charge is -2.37. The van der Waals surface area contributed by atoms with E-state index in [-0.39, 0.29) is 31.0 Å². The van der Waals surface area contributed by atoms with Gasteiger partial charge >= 0.3 is 0 Å². The molecule has 0 aliphatic carbocycles. The van der Waals surface area contributed by atoms with Crippen LogP contribution in [0, 0.1) is 0 Å². The summed E-state index contributed by atoms with van der Waals surface area (Å²) in [6.07, 6.45) is -1.75. The fourth-order valence-electron chi connectivity index (χ4n) is 3.06. The van der Waals surface area contributed by atoms with Crippen LogP contribution in [-0.4, -0.2) is 61.1 Å². The number of rotatable bonds is 2. The lowest BCUT2D eigenvalue weighted by Crippen LogP contribution is -2.56. The topological polar surface area (TPSA) is 67.4 Å². The Hall–Kier alpha value is -0.510. The Labute approximate surface area is 135 Å². The summed E-state index contributed by atoms with van der Waals surface area (Å²) in [5, 5.41) is 3.08. The zero-order valence-electron chi connectivity index (χ0n) is 13.5. The fraction of sp³-hybridized carbons (Fsp3) is 0.929. The van der Waals surface area contributed by atoms with E-state index in [1.54, 1.807) is 7.05 Å². The van der Waals surface area contributed by atoms with Gasteiger partial charge in [-0.05, 0) is 39.9 Å². The summed E-state index contributed by atoms with van der Waals surface area (Å²) in [4.78, 5) is 0. The van der Waals surface area contributed by atoms with E-state index in [4.69, 9.17) is 40.6 Å². The highest BCUT2D eigenvalue weighted by Gasteiger charge is 2.60. The average molecular weight is 333 g/mol. The fourth-order valence-corrected chi connectivity index (χ4v) is 3.13. The third kappa shape index (κ3) is 3.08. The van der Waals surface area contributed by atoms with E-state index >= 15 is 0 Å². The van der Waals surface area contributed by atoms with Gasteiger partial charge in [-0.3, -0.25) is 0 Å². The van der Waals surface area contributed by atoms with Crippen molar-refractivity contribution in [2.45, 2.75) is 70.0 Å². The molecular weight excluding hydrogens is 310 g/mol. The number of nitrogens with one attached hydrogen (secondary N) is 1. The van der Waals surface area contributed by atoms with Gasteiger partial charge in [0.2, 0.25) is 0 Å². The van der Waals surface area contributed by atoms with Crippen molar-refractivity contribution in [3.8, 4) is 0 Å². The standard InChI is InChI=1S/C14H23NO6S/c1-13(2)18-8-7(6-16-12(22)15-5)17-11-10(9(8)19-13)20-14(3,4)21-11/h7-11H,6H2,1-5H3,(H,15,22)/t7-,8+,9+,10-,11-/m1/s1. The second-order valence-electron chi connectivity index (χ2n) is 6.56. The van der Waals surface area contributed by atoms with Gasteiger partial charge in [0.15, 0.2) is 17.9 Å². The smallest absolute Gasteiger partial charge is 0.256 e. The van der Waals surface area contributed by atoms with Crippen LogP contribution in [0.25, 0.3) is 0 Å². The first kappa shape index (κ1) is 16.4. The maximum Gasteiger partial charge on any atom is 0.256 e. The van der Waals surface area contributed by atoms with Gasteiger partial charge in [0.1, 0.15) is 31.0 Å². The van der Waals surface area contributed by atoms with Crippen molar-refractivity contribution in [2.75, 3.05) is 13.7 Å². The van der Waals surface area contributed by atoms with Gasteiger partial charge in [0.25, 0.3) is 5.17 Å². The molecule has 3 aliphatic heterocycles. The van der Waals surface area contributed by atoms with Crippen LogP contribution in [0.1, 0.15) is 27.7 Å². The summed E-state index contributed by atoms with van der Waals surface area (Å²) in [7, 11) is 1.71. The first-order valence-electron chi connectivity index (χ1n) is 7.42. The molecule has 3 aliphatic rings. The lowest BCUT2D eigenvalue weighted by atomic mass is 9.99. The normalized spacial score (nSPS) is 41.6. The molecule has 0 spiro atoms. The van der Waals surface area contributed by atoms with Crippen LogP contribution in [0.3, 0.4) is 0 Å². The molecule has 1 N–H and O–H groups in total. The van der Waals surface area contributed by atoms with Crippen LogP contribution in [0.4, 0.5) is 0 Å². The predicted octanol–water partition coefficient (Wildman–Crippen LogP) is 0.904. The van der Waals surface area contributed by atoms with Gasteiger partial charge < -0.3 is 33.7 Å². The Balaban J connectivity index is 1.76. The van der Waals surface area contributed by atoms with Gasteiger partial charge in [0.05, 0.1) is 0 Å². The summed E-state index contributed by atoms with van der Waals surface area (Å²) in [6.45, 7) is 7.71. The third-order valence-electron chi connectivity index (χ3n) is 3.83. The Morgan fingerprint density at radius 1 is 1.00 bits per heavy atom. The second-order valence-corrected chi connectivity index (χ2v) is 6.93. The minimum absolute atomic E-state index is 0.257. The molecule has 0 aromatic carbocycles.